The molecule has 0 bridgehead atoms. The number of thioether (sulfide) groups is 1. The van der Waals surface area contributed by atoms with Crippen LogP contribution in [-0.2, 0) is 6.54 Å². The molecule has 2 rings (SSSR count). The number of guanidine groups is 1. The summed E-state index contributed by atoms with van der Waals surface area (Å²) >= 11 is 1.98. The van der Waals surface area contributed by atoms with E-state index in [1.54, 1.807) is 13.1 Å². The lowest BCUT2D eigenvalue weighted by Crippen LogP contribution is -2.47. The van der Waals surface area contributed by atoms with Crippen LogP contribution < -0.4 is 10.1 Å². The summed E-state index contributed by atoms with van der Waals surface area (Å²) in [6.07, 6.45) is -1.82. The van der Waals surface area contributed by atoms with Crippen LogP contribution in [0.25, 0.3) is 0 Å². The van der Waals surface area contributed by atoms with Crippen LogP contribution in [-0.4, -0.2) is 59.8 Å². The molecule has 0 amide bonds. The Bertz CT molecular complexity index is 583. The molecular weight excluding hydrogens is 353 g/mol. The molecular formula is C16H23F3N4OS. The maximum Gasteiger partial charge on any atom is 0.422 e. The third kappa shape index (κ3) is 6.64. The predicted molar refractivity (Wildman–Crippen MR) is 94.1 cm³/mol. The lowest BCUT2D eigenvalue weighted by molar-refractivity contribution is -0.154. The van der Waals surface area contributed by atoms with Crippen molar-refractivity contribution >= 4 is 17.7 Å². The molecule has 1 aromatic rings. The minimum Gasteiger partial charge on any atom is -0.468 e. The van der Waals surface area contributed by atoms with Gasteiger partial charge in [0, 0.05) is 49.9 Å². The highest BCUT2D eigenvalue weighted by Gasteiger charge is 2.28. The van der Waals surface area contributed by atoms with Gasteiger partial charge in [-0.3, -0.25) is 4.99 Å². The van der Waals surface area contributed by atoms with Gasteiger partial charge in [-0.25, -0.2) is 4.98 Å². The molecule has 140 valence electrons. The topological polar surface area (TPSA) is 49.8 Å². The first-order valence-corrected chi connectivity index (χ1v) is 9.18. The number of hydrogen-bond donors (Lipinski definition) is 1. The molecule has 0 radical (unpaired) electrons. The Morgan fingerprint density at radius 2 is 2.32 bits per heavy atom. The van der Waals surface area contributed by atoms with Gasteiger partial charge in [-0.2, -0.15) is 24.9 Å². The number of aromatic nitrogens is 1. The number of alkyl halides is 3. The fourth-order valence-electron chi connectivity index (χ4n) is 2.47. The summed E-state index contributed by atoms with van der Waals surface area (Å²) in [4.78, 5) is 10.3. The summed E-state index contributed by atoms with van der Waals surface area (Å²) < 4.78 is 41.3. The molecule has 5 nitrogen and oxygen atoms in total. The Balaban J connectivity index is 1.91. The number of aliphatic imine (C=N–C) groups is 1. The molecule has 1 fully saturated rings. The van der Waals surface area contributed by atoms with Crippen LogP contribution in [0.4, 0.5) is 13.2 Å². The second kappa shape index (κ2) is 9.17. The molecule has 9 heteroatoms. The Morgan fingerprint density at radius 1 is 1.52 bits per heavy atom. The number of rotatable bonds is 5. The van der Waals surface area contributed by atoms with Gasteiger partial charge in [0.1, 0.15) is 0 Å². The van der Waals surface area contributed by atoms with Gasteiger partial charge in [0.05, 0.1) is 0 Å². The van der Waals surface area contributed by atoms with E-state index in [2.05, 4.69) is 31.9 Å². The monoisotopic (exact) mass is 376 g/mol. The molecule has 25 heavy (non-hydrogen) atoms. The number of nitrogens with zero attached hydrogens (tertiary/aromatic N) is 3. The average molecular weight is 376 g/mol. The van der Waals surface area contributed by atoms with E-state index >= 15 is 0 Å². The Labute approximate surface area is 150 Å². The second-order valence-electron chi connectivity index (χ2n) is 5.65. The van der Waals surface area contributed by atoms with Crippen molar-refractivity contribution in [2.75, 3.05) is 32.5 Å². The van der Waals surface area contributed by atoms with Crippen molar-refractivity contribution in [2.24, 2.45) is 4.99 Å². The van der Waals surface area contributed by atoms with E-state index < -0.39 is 12.8 Å². The van der Waals surface area contributed by atoms with Gasteiger partial charge >= 0.3 is 6.18 Å². The number of halogens is 3. The summed E-state index contributed by atoms with van der Waals surface area (Å²) in [5.74, 6) is 1.82. The highest BCUT2D eigenvalue weighted by Crippen LogP contribution is 2.21. The SMILES string of the molecule is CCC1CN(C(=NC)NCc2ccnc(OCC(F)(F)F)c2)CCS1. The molecule has 0 saturated carbocycles. The first-order chi connectivity index (χ1) is 11.9. The standard InChI is InChI=1S/C16H23F3N4OS/c1-3-13-10-23(6-7-25-13)15(20-2)22-9-12-4-5-21-14(8-12)24-11-16(17,18)19/h4-5,8,13H,3,6-7,9-11H2,1-2H3,(H,20,22). The van der Waals surface area contributed by atoms with Gasteiger partial charge in [0.25, 0.3) is 0 Å². The number of hydrogen-bond acceptors (Lipinski definition) is 4. The zero-order valence-corrected chi connectivity index (χ0v) is 15.2. The molecule has 0 aliphatic carbocycles. The van der Waals surface area contributed by atoms with E-state index in [-0.39, 0.29) is 5.88 Å². The van der Waals surface area contributed by atoms with Crippen LogP contribution in [0.1, 0.15) is 18.9 Å². The van der Waals surface area contributed by atoms with Gasteiger partial charge in [-0.15, -0.1) is 0 Å². The van der Waals surface area contributed by atoms with Gasteiger partial charge in [0.2, 0.25) is 5.88 Å². The molecule has 1 atom stereocenters. The molecule has 1 unspecified atom stereocenters. The van der Waals surface area contributed by atoms with E-state index in [0.717, 1.165) is 36.8 Å². The van der Waals surface area contributed by atoms with Crippen molar-refractivity contribution < 1.29 is 17.9 Å². The molecule has 1 aliphatic heterocycles. The Kier molecular flexibility index (Phi) is 7.22. The van der Waals surface area contributed by atoms with Crippen molar-refractivity contribution in [3.8, 4) is 5.88 Å². The molecule has 2 heterocycles. The molecule has 1 aliphatic rings. The van der Waals surface area contributed by atoms with Crippen molar-refractivity contribution in [1.82, 2.24) is 15.2 Å². The highest BCUT2D eigenvalue weighted by molar-refractivity contribution is 8.00. The Hall–Kier alpha value is -1.64. The van der Waals surface area contributed by atoms with E-state index in [4.69, 9.17) is 0 Å². The fourth-order valence-corrected chi connectivity index (χ4v) is 3.65. The van der Waals surface area contributed by atoms with Crippen LogP contribution in [0, 0.1) is 0 Å². The van der Waals surface area contributed by atoms with Crippen molar-refractivity contribution in [2.45, 2.75) is 31.3 Å². The normalized spacial score (nSPS) is 19.0. The quantitative estimate of drug-likeness (QED) is 0.633. The average Bonchev–Trinajstić information content (AvgIpc) is 2.60. The number of pyridine rings is 1. The summed E-state index contributed by atoms with van der Waals surface area (Å²) in [6, 6.07) is 3.24. The third-order valence-electron chi connectivity index (χ3n) is 3.74. The van der Waals surface area contributed by atoms with Gasteiger partial charge in [0.15, 0.2) is 12.6 Å². The largest absolute Gasteiger partial charge is 0.468 e. The summed E-state index contributed by atoms with van der Waals surface area (Å²) in [5.41, 5.74) is 0.784. The molecule has 1 aromatic heterocycles. The summed E-state index contributed by atoms with van der Waals surface area (Å²) in [5, 5.41) is 3.85. The van der Waals surface area contributed by atoms with Crippen molar-refractivity contribution in [3.63, 3.8) is 0 Å². The molecule has 0 spiro atoms. The fraction of sp³-hybridized carbons (Fsp3) is 0.625. The number of ether oxygens (including phenoxy) is 1. The Morgan fingerprint density at radius 3 is 3.00 bits per heavy atom. The third-order valence-corrected chi connectivity index (χ3v) is 5.11. The van der Waals surface area contributed by atoms with Crippen molar-refractivity contribution in [3.05, 3.63) is 23.9 Å². The van der Waals surface area contributed by atoms with Crippen LogP contribution in [0.3, 0.4) is 0 Å². The van der Waals surface area contributed by atoms with E-state index in [9.17, 15) is 13.2 Å². The van der Waals surface area contributed by atoms with Crippen LogP contribution in [0.5, 0.6) is 5.88 Å². The molecule has 1 N–H and O–H groups in total. The minimum absolute atomic E-state index is 0.0352. The first kappa shape index (κ1) is 19.7. The van der Waals surface area contributed by atoms with Crippen LogP contribution in [0.15, 0.2) is 23.3 Å². The van der Waals surface area contributed by atoms with Gasteiger partial charge in [-0.1, -0.05) is 6.92 Å². The lowest BCUT2D eigenvalue weighted by atomic mass is 10.2. The minimum atomic E-state index is -4.37. The summed E-state index contributed by atoms with van der Waals surface area (Å²) in [6.45, 7) is 3.14. The molecule has 1 saturated heterocycles. The summed E-state index contributed by atoms with van der Waals surface area (Å²) in [7, 11) is 1.73. The smallest absolute Gasteiger partial charge is 0.422 e. The van der Waals surface area contributed by atoms with Gasteiger partial charge < -0.3 is 15.0 Å². The van der Waals surface area contributed by atoms with Crippen LogP contribution >= 0.6 is 11.8 Å². The zero-order valence-electron chi connectivity index (χ0n) is 14.3. The van der Waals surface area contributed by atoms with Crippen LogP contribution in [0.2, 0.25) is 0 Å². The second-order valence-corrected chi connectivity index (χ2v) is 7.06. The first-order valence-electron chi connectivity index (χ1n) is 8.13. The van der Waals surface area contributed by atoms with E-state index in [1.165, 1.54) is 12.3 Å². The van der Waals surface area contributed by atoms with E-state index in [0.29, 0.717) is 11.8 Å². The maximum atomic E-state index is 12.2. The lowest BCUT2D eigenvalue weighted by Gasteiger charge is -2.34. The van der Waals surface area contributed by atoms with Gasteiger partial charge in [-0.05, 0) is 18.1 Å². The highest BCUT2D eigenvalue weighted by atomic mass is 32.2. The van der Waals surface area contributed by atoms with E-state index in [1.807, 2.05) is 11.8 Å². The number of nitrogens with one attached hydrogen (secondary N) is 1. The predicted octanol–water partition coefficient (Wildman–Crippen LogP) is 2.93. The zero-order chi connectivity index (χ0) is 18.3. The van der Waals surface area contributed by atoms with Crippen molar-refractivity contribution in [1.29, 1.82) is 0 Å². The maximum absolute atomic E-state index is 12.2. The molecule has 0 aromatic carbocycles.